The van der Waals surface area contributed by atoms with Crippen molar-refractivity contribution < 1.29 is 0 Å². The summed E-state index contributed by atoms with van der Waals surface area (Å²) >= 11 is 0. The molecule has 2 aromatic carbocycles. The van der Waals surface area contributed by atoms with E-state index in [1.807, 2.05) is 6.20 Å². The van der Waals surface area contributed by atoms with E-state index in [4.69, 9.17) is 0 Å². The Morgan fingerprint density at radius 2 is 1.71 bits per heavy atom. The minimum absolute atomic E-state index is 0.884. The van der Waals surface area contributed by atoms with Gasteiger partial charge in [-0.05, 0) is 41.9 Å². The number of fused-ring (bicyclic) bond motifs is 1. The van der Waals surface area contributed by atoms with Crippen molar-refractivity contribution in [2.75, 3.05) is 13.1 Å². The van der Waals surface area contributed by atoms with Gasteiger partial charge in [0.25, 0.3) is 0 Å². The van der Waals surface area contributed by atoms with E-state index >= 15 is 0 Å². The summed E-state index contributed by atoms with van der Waals surface area (Å²) in [5, 5.41) is 4.89. The van der Waals surface area contributed by atoms with Crippen LogP contribution in [0.3, 0.4) is 0 Å². The molecule has 0 aliphatic rings. The second-order valence-corrected chi connectivity index (χ2v) is 6.24. The highest BCUT2D eigenvalue weighted by molar-refractivity contribution is 5.82. The number of hydrogen-bond acceptors (Lipinski definition) is 2. The zero-order chi connectivity index (χ0) is 16.8. The maximum Gasteiger partial charge on any atom is 0.0457 e. The van der Waals surface area contributed by atoms with Crippen LogP contribution in [-0.2, 0) is 19.6 Å². The molecule has 0 aliphatic heterocycles. The van der Waals surface area contributed by atoms with Crippen molar-refractivity contribution in [1.82, 2.24) is 15.2 Å². The van der Waals surface area contributed by atoms with E-state index in [1.54, 1.807) is 0 Å². The summed E-state index contributed by atoms with van der Waals surface area (Å²) in [6, 6.07) is 17.5. The van der Waals surface area contributed by atoms with Crippen LogP contribution < -0.4 is 5.32 Å². The average molecular weight is 321 g/mol. The SMILES string of the molecule is CCN(CC)Cc1cccc(CNCc2cccc3[nH]ccc23)c1. The Labute approximate surface area is 144 Å². The molecule has 0 aliphatic carbocycles. The molecule has 0 amide bonds. The van der Waals surface area contributed by atoms with Crippen LogP contribution in [-0.4, -0.2) is 23.0 Å². The molecule has 1 aromatic heterocycles. The molecule has 0 fully saturated rings. The van der Waals surface area contributed by atoms with Crippen LogP contribution in [0.4, 0.5) is 0 Å². The Bertz CT molecular complexity index is 771. The molecule has 0 radical (unpaired) electrons. The van der Waals surface area contributed by atoms with Gasteiger partial charge in [0.2, 0.25) is 0 Å². The molecule has 24 heavy (non-hydrogen) atoms. The Morgan fingerprint density at radius 3 is 2.54 bits per heavy atom. The predicted octanol–water partition coefficient (Wildman–Crippen LogP) is 4.30. The summed E-state index contributed by atoms with van der Waals surface area (Å²) in [7, 11) is 0. The molecule has 0 spiro atoms. The van der Waals surface area contributed by atoms with Crippen molar-refractivity contribution in [2.45, 2.75) is 33.5 Å². The second-order valence-electron chi connectivity index (χ2n) is 6.24. The Balaban J connectivity index is 1.59. The smallest absolute Gasteiger partial charge is 0.0457 e. The van der Waals surface area contributed by atoms with Crippen molar-refractivity contribution >= 4 is 10.9 Å². The highest BCUT2D eigenvalue weighted by Gasteiger charge is 2.03. The van der Waals surface area contributed by atoms with Crippen molar-refractivity contribution in [3.8, 4) is 0 Å². The van der Waals surface area contributed by atoms with E-state index in [0.29, 0.717) is 0 Å². The molecule has 0 saturated carbocycles. The van der Waals surface area contributed by atoms with Gasteiger partial charge in [0.1, 0.15) is 0 Å². The van der Waals surface area contributed by atoms with Crippen LogP contribution in [0.25, 0.3) is 10.9 Å². The van der Waals surface area contributed by atoms with Crippen LogP contribution in [0.5, 0.6) is 0 Å². The van der Waals surface area contributed by atoms with Gasteiger partial charge in [-0.1, -0.05) is 50.2 Å². The Kier molecular flexibility index (Phi) is 5.68. The topological polar surface area (TPSA) is 31.1 Å². The summed E-state index contributed by atoms with van der Waals surface area (Å²) in [6.45, 7) is 9.44. The molecule has 0 atom stereocenters. The van der Waals surface area contributed by atoms with Gasteiger partial charge in [0, 0.05) is 36.7 Å². The Hall–Kier alpha value is -2.10. The zero-order valence-electron chi connectivity index (χ0n) is 14.7. The first-order valence-electron chi connectivity index (χ1n) is 8.86. The number of nitrogens with one attached hydrogen (secondary N) is 2. The summed E-state index contributed by atoms with van der Waals surface area (Å²) in [6.07, 6.45) is 2.00. The van der Waals surface area contributed by atoms with Crippen LogP contribution in [0.1, 0.15) is 30.5 Å². The molecular formula is C21H27N3. The van der Waals surface area contributed by atoms with Crippen LogP contribution in [0, 0.1) is 0 Å². The van der Waals surface area contributed by atoms with Crippen molar-refractivity contribution in [3.05, 3.63) is 71.4 Å². The third-order valence-corrected chi connectivity index (χ3v) is 4.62. The van der Waals surface area contributed by atoms with E-state index in [-0.39, 0.29) is 0 Å². The van der Waals surface area contributed by atoms with Gasteiger partial charge in [-0.15, -0.1) is 0 Å². The van der Waals surface area contributed by atoms with Crippen LogP contribution in [0.15, 0.2) is 54.7 Å². The largest absolute Gasteiger partial charge is 0.361 e. The van der Waals surface area contributed by atoms with Gasteiger partial charge in [-0.25, -0.2) is 0 Å². The van der Waals surface area contributed by atoms with Gasteiger partial charge in [0.05, 0.1) is 0 Å². The first-order valence-corrected chi connectivity index (χ1v) is 8.86. The lowest BCUT2D eigenvalue weighted by Gasteiger charge is -2.18. The molecule has 0 bridgehead atoms. The lowest BCUT2D eigenvalue weighted by Crippen LogP contribution is -2.22. The standard InChI is InChI=1S/C21H27N3/c1-3-24(4-2)16-18-8-5-7-17(13-18)14-22-15-19-9-6-10-21-20(19)11-12-23-21/h5-13,22-23H,3-4,14-16H2,1-2H3. The number of aromatic amines is 1. The van der Waals surface area contributed by atoms with Gasteiger partial charge < -0.3 is 10.3 Å². The minimum Gasteiger partial charge on any atom is -0.361 e. The number of rotatable bonds is 8. The lowest BCUT2D eigenvalue weighted by atomic mass is 10.1. The van der Waals surface area contributed by atoms with E-state index in [2.05, 4.69) is 77.6 Å². The molecule has 3 aromatic rings. The maximum atomic E-state index is 3.58. The van der Waals surface area contributed by atoms with Crippen molar-refractivity contribution in [3.63, 3.8) is 0 Å². The number of aromatic nitrogens is 1. The third kappa shape index (κ3) is 4.05. The molecule has 3 heteroatoms. The fourth-order valence-electron chi connectivity index (χ4n) is 3.19. The number of nitrogens with zero attached hydrogens (tertiary/aromatic N) is 1. The van der Waals surface area contributed by atoms with E-state index in [0.717, 1.165) is 32.7 Å². The van der Waals surface area contributed by atoms with Gasteiger partial charge in [0.15, 0.2) is 0 Å². The summed E-state index contributed by atoms with van der Waals surface area (Å²) in [5.41, 5.74) is 5.29. The zero-order valence-corrected chi connectivity index (χ0v) is 14.7. The molecule has 3 rings (SSSR count). The average Bonchev–Trinajstić information content (AvgIpc) is 3.10. The first kappa shape index (κ1) is 16.7. The molecule has 0 unspecified atom stereocenters. The molecule has 3 nitrogen and oxygen atoms in total. The van der Waals surface area contributed by atoms with Crippen LogP contribution >= 0.6 is 0 Å². The van der Waals surface area contributed by atoms with Crippen LogP contribution in [0.2, 0.25) is 0 Å². The fourth-order valence-corrected chi connectivity index (χ4v) is 3.19. The quantitative estimate of drug-likeness (QED) is 0.648. The second kappa shape index (κ2) is 8.13. The minimum atomic E-state index is 0.884. The van der Waals surface area contributed by atoms with E-state index in [1.165, 1.54) is 27.6 Å². The monoisotopic (exact) mass is 321 g/mol. The highest BCUT2D eigenvalue weighted by Crippen LogP contribution is 2.17. The highest BCUT2D eigenvalue weighted by atomic mass is 15.1. The fraction of sp³-hybridized carbons (Fsp3) is 0.333. The Morgan fingerprint density at radius 1 is 0.917 bits per heavy atom. The molecule has 2 N–H and O–H groups in total. The summed E-state index contributed by atoms with van der Waals surface area (Å²) < 4.78 is 0. The third-order valence-electron chi connectivity index (χ3n) is 4.62. The van der Waals surface area contributed by atoms with Crippen molar-refractivity contribution in [1.29, 1.82) is 0 Å². The maximum absolute atomic E-state index is 3.58. The first-order chi connectivity index (χ1) is 11.8. The molecular weight excluding hydrogens is 294 g/mol. The number of benzene rings is 2. The lowest BCUT2D eigenvalue weighted by molar-refractivity contribution is 0.296. The molecule has 0 saturated heterocycles. The molecule has 1 heterocycles. The summed E-state index contributed by atoms with van der Waals surface area (Å²) in [4.78, 5) is 5.72. The summed E-state index contributed by atoms with van der Waals surface area (Å²) in [5.74, 6) is 0. The van der Waals surface area contributed by atoms with Gasteiger partial charge in [-0.2, -0.15) is 0 Å². The normalized spacial score (nSPS) is 11.5. The van der Waals surface area contributed by atoms with E-state index < -0.39 is 0 Å². The predicted molar refractivity (Wildman–Crippen MR) is 102 cm³/mol. The number of hydrogen-bond donors (Lipinski definition) is 2. The van der Waals surface area contributed by atoms with Gasteiger partial charge >= 0.3 is 0 Å². The van der Waals surface area contributed by atoms with Crippen molar-refractivity contribution in [2.24, 2.45) is 0 Å². The van der Waals surface area contributed by atoms with Gasteiger partial charge in [-0.3, -0.25) is 4.90 Å². The molecule has 126 valence electrons. The number of H-pyrrole nitrogens is 1. The van der Waals surface area contributed by atoms with E-state index in [9.17, 15) is 0 Å².